The number of hydrogen-bond acceptors (Lipinski definition) is 5. The number of benzene rings is 2. The van der Waals surface area contributed by atoms with Gasteiger partial charge in [-0.3, -0.25) is 14.2 Å². The second-order valence-electron chi connectivity index (χ2n) is 6.65. The van der Waals surface area contributed by atoms with Crippen LogP contribution < -0.4 is 20.5 Å². The van der Waals surface area contributed by atoms with Crippen LogP contribution in [0.25, 0.3) is 5.69 Å². The first-order valence-corrected chi connectivity index (χ1v) is 9.08. The Kier molecular flexibility index (Phi) is 4.90. The largest absolute Gasteiger partial charge is 0.493 e. The molecule has 1 atom stereocenters. The van der Waals surface area contributed by atoms with Crippen molar-refractivity contribution >= 4 is 17.6 Å². The third-order valence-corrected chi connectivity index (χ3v) is 4.77. The Labute approximate surface area is 167 Å². The molecule has 3 aromatic rings. The van der Waals surface area contributed by atoms with Crippen LogP contribution in [-0.2, 0) is 9.59 Å². The van der Waals surface area contributed by atoms with Crippen molar-refractivity contribution in [1.82, 2.24) is 9.55 Å². The van der Waals surface area contributed by atoms with Crippen LogP contribution in [0.15, 0.2) is 54.9 Å². The molecule has 29 heavy (non-hydrogen) atoms. The topological polar surface area (TPSA) is 108 Å². The Bertz CT molecular complexity index is 1060. The number of nitrogens with zero attached hydrogens (tertiary/aromatic N) is 2. The number of amides is 2. The summed E-state index contributed by atoms with van der Waals surface area (Å²) in [5, 5.41) is 2.93. The van der Waals surface area contributed by atoms with E-state index in [-0.39, 0.29) is 24.9 Å². The van der Waals surface area contributed by atoms with E-state index < -0.39 is 5.91 Å². The third-order valence-electron chi connectivity index (χ3n) is 4.77. The number of anilines is 1. The number of aromatic nitrogens is 2. The predicted octanol–water partition coefficient (Wildman–Crippen LogP) is 2.22. The molecule has 8 nitrogen and oxygen atoms in total. The van der Waals surface area contributed by atoms with E-state index in [0.29, 0.717) is 17.3 Å². The van der Waals surface area contributed by atoms with Crippen LogP contribution in [0.3, 0.4) is 0 Å². The number of nitrogens with two attached hydrogens (primary N) is 1. The van der Waals surface area contributed by atoms with E-state index in [2.05, 4.69) is 10.3 Å². The zero-order valence-electron chi connectivity index (χ0n) is 15.8. The lowest BCUT2D eigenvalue weighted by molar-refractivity contribution is -0.120. The molecule has 148 valence electrons. The summed E-state index contributed by atoms with van der Waals surface area (Å²) in [6.07, 6.45) is 1.98. The molecule has 4 rings (SSSR count). The average Bonchev–Trinajstić information content (AvgIpc) is 3.15. The number of hydrogen-bond donors (Lipinski definition) is 2. The van der Waals surface area contributed by atoms with Gasteiger partial charge >= 0.3 is 0 Å². The van der Waals surface area contributed by atoms with Crippen LogP contribution in [0.5, 0.6) is 11.5 Å². The average molecular weight is 392 g/mol. The summed E-state index contributed by atoms with van der Waals surface area (Å²) in [5.41, 5.74) is 7.69. The van der Waals surface area contributed by atoms with Crippen molar-refractivity contribution in [2.75, 3.05) is 19.0 Å². The van der Waals surface area contributed by atoms with Gasteiger partial charge in [0.2, 0.25) is 5.91 Å². The van der Waals surface area contributed by atoms with Crippen LogP contribution in [0, 0.1) is 0 Å². The van der Waals surface area contributed by atoms with Crippen LogP contribution in [0.2, 0.25) is 0 Å². The van der Waals surface area contributed by atoms with Crippen LogP contribution in [0.4, 0.5) is 5.82 Å². The van der Waals surface area contributed by atoms with E-state index in [1.807, 2.05) is 41.0 Å². The van der Waals surface area contributed by atoms with Gasteiger partial charge in [0.1, 0.15) is 12.1 Å². The van der Waals surface area contributed by atoms with Gasteiger partial charge in [0.05, 0.1) is 12.8 Å². The minimum atomic E-state index is -0.573. The molecule has 0 unspecified atom stereocenters. The van der Waals surface area contributed by atoms with Crippen molar-refractivity contribution in [2.24, 2.45) is 5.73 Å². The van der Waals surface area contributed by atoms with Gasteiger partial charge in [-0.15, -0.1) is 0 Å². The molecular weight excluding hydrogens is 372 g/mol. The lowest BCUT2D eigenvalue weighted by Gasteiger charge is -2.24. The predicted molar refractivity (Wildman–Crippen MR) is 106 cm³/mol. The van der Waals surface area contributed by atoms with Crippen molar-refractivity contribution < 1.29 is 19.1 Å². The van der Waals surface area contributed by atoms with E-state index >= 15 is 0 Å². The van der Waals surface area contributed by atoms with Gasteiger partial charge in [0.15, 0.2) is 18.1 Å². The van der Waals surface area contributed by atoms with Gasteiger partial charge in [-0.25, -0.2) is 4.98 Å². The maximum Gasteiger partial charge on any atom is 0.255 e. The second kappa shape index (κ2) is 7.67. The summed E-state index contributed by atoms with van der Waals surface area (Å²) in [6.45, 7) is -0.243. The summed E-state index contributed by atoms with van der Waals surface area (Å²) in [5.74, 6) is 0.627. The number of fused-ring (bicyclic) bond motifs is 1. The SMILES string of the molecule is COc1cc([C@@H]2CC(=O)Nc3c2ncn3-c2ccccc2)ccc1OCC(N)=O. The number of nitrogens with one attached hydrogen (secondary N) is 1. The van der Waals surface area contributed by atoms with Gasteiger partial charge in [-0.2, -0.15) is 0 Å². The number of carbonyl (C=O) groups is 2. The number of methoxy groups -OCH3 is 1. The Morgan fingerprint density at radius 3 is 2.76 bits per heavy atom. The molecule has 2 aromatic carbocycles. The summed E-state index contributed by atoms with van der Waals surface area (Å²) < 4.78 is 12.6. The fourth-order valence-corrected chi connectivity index (χ4v) is 3.44. The van der Waals surface area contributed by atoms with Gasteiger partial charge in [0, 0.05) is 18.0 Å². The molecule has 0 saturated heterocycles. The molecule has 0 saturated carbocycles. The molecule has 0 aliphatic carbocycles. The van der Waals surface area contributed by atoms with E-state index in [4.69, 9.17) is 15.2 Å². The molecule has 0 fully saturated rings. The van der Waals surface area contributed by atoms with Crippen LogP contribution in [-0.4, -0.2) is 35.1 Å². The van der Waals surface area contributed by atoms with Gasteiger partial charge < -0.3 is 20.5 Å². The maximum absolute atomic E-state index is 12.4. The molecule has 0 radical (unpaired) electrons. The molecule has 1 aliphatic rings. The highest BCUT2D eigenvalue weighted by atomic mass is 16.5. The van der Waals surface area contributed by atoms with E-state index in [0.717, 1.165) is 16.9 Å². The summed E-state index contributed by atoms with van der Waals surface area (Å²) in [4.78, 5) is 28.0. The molecule has 2 heterocycles. The Morgan fingerprint density at radius 1 is 1.24 bits per heavy atom. The number of carbonyl (C=O) groups excluding carboxylic acids is 2. The highest BCUT2D eigenvalue weighted by Gasteiger charge is 2.31. The molecule has 8 heteroatoms. The Morgan fingerprint density at radius 2 is 2.03 bits per heavy atom. The van der Waals surface area contributed by atoms with Crippen molar-refractivity contribution in [3.05, 3.63) is 66.1 Å². The smallest absolute Gasteiger partial charge is 0.255 e. The van der Waals surface area contributed by atoms with Gasteiger partial charge in [0.25, 0.3) is 5.91 Å². The molecule has 1 aliphatic heterocycles. The lowest BCUT2D eigenvalue weighted by atomic mass is 9.89. The number of imidazole rings is 1. The van der Waals surface area contributed by atoms with Gasteiger partial charge in [-0.1, -0.05) is 24.3 Å². The van der Waals surface area contributed by atoms with Crippen LogP contribution in [0.1, 0.15) is 23.6 Å². The summed E-state index contributed by atoms with van der Waals surface area (Å²) in [7, 11) is 1.51. The molecule has 2 amide bonds. The summed E-state index contributed by atoms with van der Waals surface area (Å²) >= 11 is 0. The maximum atomic E-state index is 12.4. The minimum Gasteiger partial charge on any atom is -0.493 e. The molecule has 3 N–H and O–H groups in total. The first-order chi connectivity index (χ1) is 14.1. The quantitative estimate of drug-likeness (QED) is 0.669. The van der Waals surface area contributed by atoms with Crippen molar-refractivity contribution in [3.63, 3.8) is 0 Å². The third kappa shape index (κ3) is 3.64. The number of ether oxygens (including phenoxy) is 2. The Balaban J connectivity index is 1.71. The first kappa shape index (κ1) is 18.5. The second-order valence-corrected chi connectivity index (χ2v) is 6.65. The summed E-state index contributed by atoms with van der Waals surface area (Å²) in [6, 6.07) is 15.0. The molecule has 1 aromatic heterocycles. The molecular formula is C21H20N4O4. The number of para-hydroxylation sites is 1. The van der Waals surface area contributed by atoms with Gasteiger partial charge in [-0.05, 0) is 29.8 Å². The van der Waals surface area contributed by atoms with E-state index in [9.17, 15) is 9.59 Å². The monoisotopic (exact) mass is 392 g/mol. The normalized spacial score (nSPS) is 15.3. The van der Waals surface area contributed by atoms with Crippen molar-refractivity contribution in [2.45, 2.75) is 12.3 Å². The van der Waals surface area contributed by atoms with Crippen molar-refractivity contribution in [1.29, 1.82) is 0 Å². The first-order valence-electron chi connectivity index (χ1n) is 9.08. The highest BCUT2D eigenvalue weighted by molar-refractivity contribution is 5.94. The lowest BCUT2D eigenvalue weighted by Crippen LogP contribution is -2.25. The highest BCUT2D eigenvalue weighted by Crippen LogP contribution is 2.40. The fraction of sp³-hybridized carbons (Fsp3) is 0.190. The zero-order valence-corrected chi connectivity index (χ0v) is 15.8. The standard InChI is InChI=1S/C21H20N4O4/c1-28-17-9-13(7-8-16(17)29-11-18(22)26)15-10-19(27)24-21-20(15)23-12-25(21)14-5-3-2-4-6-14/h2-9,12,15H,10-11H2,1H3,(H2,22,26)(H,24,27)/t15-/m0/s1. The van der Waals surface area contributed by atoms with Crippen LogP contribution >= 0.6 is 0 Å². The number of primary amides is 1. The minimum absolute atomic E-state index is 0.0896. The molecule has 0 bridgehead atoms. The fourth-order valence-electron chi connectivity index (χ4n) is 3.44. The zero-order chi connectivity index (χ0) is 20.4. The van der Waals surface area contributed by atoms with E-state index in [1.165, 1.54) is 7.11 Å². The van der Waals surface area contributed by atoms with E-state index in [1.54, 1.807) is 18.5 Å². The Hall–Kier alpha value is -3.81. The number of rotatable bonds is 6. The molecule has 0 spiro atoms. The van der Waals surface area contributed by atoms with Crippen molar-refractivity contribution in [3.8, 4) is 17.2 Å².